The van der Waals surface area contributed by atoms with Gasteiger partial charge in [-0.25, -0.2) is 0 Å². The minimum Gasteiger partial charge on any atom is -0.497 e. The van der Waals surface area contributed by atoms with Gasteiger partial charge >= 0.3 is 11.8 Å². The van der Waals surface area contributed by atoms with Crippen molar-refractivity contribution in [2.24, 2.45) is 4.99 Å². The zero-order valence-corrected chi connectivity index (χ0v) is 12.2. The normalized spacial score (nSPS) is 15.7. The molecule has 1 heterocycles. The zero-order valence-electron chi connectivity index (χ0n) is 12.2. The van der Waals surface area contributed by atoms with Gasteiger partial charge in [-0.2, -0.15) is 0 Å². The fourth-order valence-corrected chi connectivity index (χ4v) is 2.03. The summed E-state index contributed by atoms with van der Waals surface area (Å²) in [4.78, 5) is 28.4. The molecule has 1 atom stereocenters. The van der Waals surface area contributed by atoms with E-state index in [0.717, 1.165) is 11.3 Å². The van der Waals surface area contributed by atoms with Gasteiger partial charge in [0, 0.05) is 0 Å². The maximum atomic E-state index is 11.1. The molecule has 112 valence electrons. The van der Waals surface area contributed by atoms with Crippen molar-refractivity contribution in [1.82, 2.24) is 15.5 Å². The number of amides is 2. The second-order valence-electron chi connectivity index (χ2n) is 4.85. The minimum absolute atomic E-state index is 0.00186. The molecule has 1 saturated heterocycles. The molecule has 0 aliphatic carbocycles. The Morgan fingerprint density at radius 3 is 2.48 bits per heavy atom. The van der Waals surface area contributed by atoms with E-state index in [4.69, 9.17) is 4.74 Å². The number of rotatable bonds is 5. The highest BCUT2D eigenvalue weighted by Crippen LogP contribution is 2.22. The van der Waals surface area contributed by atoms with Crippen molar-refractivity contribution >= 4 is 17.8 Å². The van der Waals surface area contributed by atoms with Crippen LogP contribution in [0.2, 0.25) is 0 Å². The van der Waals surface area contributed by atoms with Crippen LogP contribution in [0.3, 0.4) is 0 Å². The molecule has 0 spiro atoms. The predicted octanol–water partition coefficient (Wildman–Crippen LogP) is -0.100. The van der Waals surface area contributed by atoms with E-state index < -0.39 is 11.8 Å². The van der Waals surface area contributed by atoms with E-state index in [0.29, 0.717) is 6.54 Å². The van der Waals surface area contributed by atoms with E-state index in [2.05, 4.69) is 15.6 Å². The molecule has 2 amide bonds. The molecule has 0 aromatic heterocycles. The number of hydrogen-bond acceptors (Lipinski definition) is 5. The molecule has 7 nitrogen and oxygen atoms in total. The van der Waals surface area contributed by atoms with Crippen LogP contribution in [0.4, 0.5) is 0 Å². The minimum atomic E-state index is -0.684. The third-order valence-electron chi connectivity index (χ3n) is 3.19. The van der Waals surface area contributed by atoms with Crippen LogP contribution in [-0.4, -0.2) is 50.4 Å². The van der Waals surface area contributed by atoms with Crippen LogP contribution in [0.5, 0.6) is 5.75 Å². The van der Waals surface area contributed by atoms with Gasteiger partial charge in [-0.1, -0.05) is 12.1 Å². The summed E-state index contributed by atoms with van der Waals surface area (Å²) in [7, 11) is 5.50. The largest absolute Gasteiger partial charge is 0.497 e. The Balaban J connectivity index is 2.14. The number of aliphatic imine (C=N–C) groups is 1. The van der Waals surface area contributed by atoms with Gasteiger partial charge in [0.15, 0.2) is 0 Å². The molecule has 7 heteroatoms. The van der Waals surface area contributed by atoms with Crippen LogP contribution in [-0.2, 0) is 9.59 Å². The summed E-state index contributed by atoms with van der Waals surface area (Å²) in [6, 6.07) is 7.72. The molecule has 1 aliphatic rings. The van der Waals surface area contributed by atoms with Crippen LogP contribution in [0.15, 0.2) is 29.3 Å². The second kappa shape index (κ2) is 6.36. The van der Waals surface area contributed by atoms with Crippen molar-refractivity contribution in [2.45, 2.75) is 6.04 Å². The van der Waals surface area contributed by atoms with E-state index >= 15 is 0 Å². The van der Waals surface area contributed by atoms with Gasteiger partial charge in [0.05, 0.1) is 19.7 Å². The first-order valence-corrected chi connectivity index (χ1v) is 6.48. The van der Waals surface area contributed by atoms with Gasteiger partial charge in [0.2, 0.25) is 5.96 Å². The highest BCUT2D eigenvalue weighted by molar-refractivity contribution is 6.45. The molecule has 2 rings (SSSR count). The summed E-state index contributed by atoms with van der Waals surface area (Å²) in [5.41, 5.74) is 1.04. The Hall–Kier alpha value is -2.41. The quantitative estimate of drug-likeness (QED) is 0.742. The van der Waals surface area contributed by atoms with E-state index in [9.17, 15) is 9.59 Å². The Labute approximate surface area is 123 Å². The molecular weight excluding hydrogens is 272 g/mol. The Bertz CT molecular complexity index is 565. The summed E-state index contributed by atoms with van der Waals surface area (Å²) in [5, 5.41) is 4.76. The lowest BCUT2D eigenvalue weighted by Gasteiger charge is -2.23. The summed E-state index contributed by atoms with van der Waals surface area (Å²) in [5.74, 6) is -0.401. The highest BCUT2D eigenvalue weighted by Gasteiger charge is 2.25. The third-order valence-corrected chi connectivity index (χ3v) is 3.19. The average molecular weight is 290 g/mol. The first kappa shape index (κ1) is 15.0. The molecule has 0 radical (unpaired) electrons. The standard InChI is InChI=1S/C14H18N4O3/c1-18(2)11(9-5-4-6-10(7-9)21-3)8-15-14-16-12(19)13(20)17-14/h4-7,11H,8H2,1-3H3,(H2,15,16,17,19,20). The summed E-state index contributed by atoms with van der Waals surface area (Å²) in [6.45, 7) is 0.399. The van der Waals surface area contributed by atoms with Crippen LogP contribution in [0.1, 0.15) is 11.6 Å². The van der Waals surface area contributed by atoms with E-state index in [1.54, 1.807) is 7.11 Å². The lowest BCUT2D eigenvalue weighted by Crippen LogP contribution is -2.29. The van der Waals surface area contributed by atoms with Gasteiger partial charge < -0.3 is 9.64 Å². The molecule has 1 unspecified atom stereocenters. The maximum absolute atomic E-state index is 11.1. The number of carbonyl (C=O) groups excluding carboxylic acids is 2. The number of benzene rings is 1. The molecule has 0 bridgehead atoms. The van der Waals surface area contributed by atoms with Gasteiger partial charge in [0.25, 0.3) is 0 Å². The van der Waals surface area contributed by atoms with Crippen LogP contribution < -0.4 is 15.4 Å². The molecule has 1 aromatic carbocycles. The van der Waals surface area contributed by atoms with Crippen LogP contribution in [0, 0.1) is 0 Å². The van der Waals surface area contributed by atoms with Crippen LogP contribution >= 0.6 is 0 Å². The number of likely N-dealkylation sites (N-methyl/N-ethyl adjacent to an activating group) is 1. The monoisotopic (exact) mass is 290 g/mol. The fourth-order valence-electron chi connectivity index (χ4n) is 2.03. The molecule has 0 saturated carbocycles. The number of nitrogens with zero attached hydrogens (tertiary/aromatic N) is 2. The topological polar surface area (TPSA) is 83.0 Å². The van der Waals surface area contributed by atoms with Gasteiger partial charge in [0.1, 0.15) is 5.75 Å². The van der Waals surface area contributed by atoms with Crippen molar-refractivity contribution < 1.29 is 14.3 Å². The SMILES string of the molecule is COc1cccc(C(CN=C2NC(=O)C(=O)N2)N(C)C)c1. The van der Waals surface area contributed by atoms with Crippen LogP contribution in [0.25, 0.3) is 0 Å². The molecule has 1 aliphatic heterocycles. The first-order chi connectivity index (χ1) is 10.0. The Morgan fingerprint density at radius 1 is 1.24 bits per heavy atom. The van der Waals surface area contributed by atoms with Crippen molar-refractivity contribution in [2.75, 3.05) is 27.7 Å². The lowest BCUT2D eigenvalue weighted by molar-refractivity contribution is -0.135. The first-order valence-electron chi connectivity index (χ1n) is 6.48. The van der Waals surface area contributed by atoms with Gasteiger partial charge in [-0.3, -0.25) is 25.2 Å². The summed E-state index contributed by atoms with van der Waals surface area (Å²) >= 11 is 0. The van der Waals surface area contributed by atoms with E-state index in [1.165, 1.54) is 0 Å². The number of methoxy groups -OCH3 is 1. The Morgan fingerprint density at radius 2 is 1.90 bits per heavy atom. The molecular formula is C14H18N4O3. The number of hydrogen-bond donors (Lipinski definition) is 2. The third kappa shape index (κ3) is 3.57. The number of carbonyl (C=O) groups is 2. The molecule has 1 fully saturated rings. The van der Waals surface area contributed by atoms with Crippen molar-refractivity contribution in [1.29, 1.82) is 0 Å². The average Bonchev–Trinajstić information content (AvgIpc) is 2.78. The van der Waals surface area contributed by atoms with Gasteiger partial charge in [-0.05, 0) is 31.8 Å². The lowest BCUT2D eigenvalue weighted by atomic mass is 10.1. The van der Waals surface area contributed by atoms with Crippen molar-refractivity contribution in [3.05, 3.63) is 29.8 Å². The fraction of sp³-hybridized carbons (Fsp3) is 0.357. The van der Waals surface area contributed by atoms with Crippen molar-refractivity contribution in [3.63, 3.8) is 0 Å². The Kier molecular flexibility index (Phi) is 4.54. The van der Waals surface area contributed by atoms with E-state index in [1.807, 2.05) is 43.3 Å². The predicted molar refractivity (Wildman–Crippen MR) is 78.0 cm³/mol. The maximum Gasteiger partial charge on any atom is 0.316 e. The zero-order chi connectivity index (χ0) is 15.4. The highest BCUT2D eigenvalue weighted by atomic mass is 16.5. The van der Waals surface area contributed by atoms with Gasteiger partial charge in [-0.15, -0.1) is 0 Å². The molecule has 21 heavy (non-hydrogen) atoms. The second-order valence-corrected chi connectivity index (χ2v) is 4.85. The van der Waals surface area contributed by atoms with E-state index in [-0.39, 0.29) is 12.0 Å². The summed E-state index contributed by atoms with van der Waals surface area (Å²) in [6.07, 6.45) is 0. The van der Waals surface area contributed by atoms with Crippen molar-refractivity contribution in [3.8, 4) is 5.75 Å². The number of guanidine groups is 1. The number of ether oxygens (including phenoxy) is 1. The summed E-state index contributed by atoms with van der Waals surface area (Å²) < 4.78 is 5.22. The molecule has 2 N–H and O–H groups in total. The smallest absolute Gasteiger partial charge is 0.316 e. The number of nitrogens with one attached hydrogen (secondary N) is 2. The molecule has 1 aromatic rings.